The molecular weight excluding hydrogens is 371 g/mol. The molecule has 0 aliphatic heterocycles. The van der Waals surface area contributed by atoms with Crippen molar-refractivity contribution < 1.29 is 18.8 Å². The molecule has 1 amide bonds. The second-order valence-corrected chi connectivity index (χ2v) is 6.33. The maximum absolute atomic E-state index is 13.1. The Bertz CT molecular complexity index is 959. The average molecular weight is 392 g/mol. The van der Waals surface area contributed by atoms with E-state index in [0.717, 1.165) is 5.56 Å². The van der Waals surface area contributed by atoms with Gasteiger partial charge in [0, 0.05) is 5.69 Å². The lowest BCUT2D eigenvalue weighted by Crippen LogP contribution is -2.26. The van der Waals surface area contributed by atoms with Gasteiger partial charge in [-0.3, -0.25) is 4.79 Å². The lowest BCUT2D eigenvalue weighted by molar-refractivity contribution is -0.126. The van der Waals surface area contributed by atoms with E-state index in [1.807, 2.05) is 30.3 Å². The van der Waals surface area contributed by atoms with Gasteiger partial charge in [-0.2, -0.15) is 0 Å². The van der Waals surface area contributed by atoms with Crippen LogP contribution in [0.4, 0.5) is 10.1 Å². The van der Waals surface area contributed by atoms with Crippen molar-refractivity contribution in [1.29, 1.82) is 0 Å². The molecule has 5 nitrogen and oxygen atoms in total. The Kier molecular flexibility index (Phi) is 6.95. The first-order valence-electron chi connectivity index (χ1n) is 9.12. The highest BCUT2D eigenvalue weighted by Crippen LogP contribution is 2.17. The quantitative estimate of drug-likeness (QED) is 0.443. The summed E-state index contributed by atoms with van der Waals surface area (Å²) >= 11 is 0. The highest BCUT2D eigenvalue weighted by atomic mass is 19.1. The molecule has 0 unspecified atom stereocenters. The van der Waals surface area contributed by atoms with Crippen LogP contribution in [0, 0.1) is 5.82 Å². The minimum absolute atomic E-state index is 0.348. The van der Waals surface area contributed by atoms with Gasteiger partial charge in [0.05, 0.1) is 6.21 Å². The van der Waals surface area contributed by atoms with E-state index in [9.17, 15) is 9.18 Å². The normalized spacial score (nSPS) is 11.8. The van der Waals surface area contributed by atoms with Crippen LogP contribution in [-0.4, -0.2) is 18.2 Å². The number of benzene rings is 3. The van der Waals surface area contributed by atoms with Crippen LogP contribution in [-0.2, 0) is 16.2 Å². The molecule has 0 radical (unpaired) electrons. The molecule has 3 rings (SSSR count). The lowest BCUT2D eigenvalue weighted by Gasteiger charge is -2.11. The second-order valence-electron chi connectivity index (χ2n) is 6.33. The number of oxime groups is 1. The summed E-state index contributed by atoms with van der Waals surface area (Å²) < 4.78 is 18.8. The number of carbonyl (C=O) groups is 1. The summed E-state index contributed by atoms with van der Waals surface area (Å²) in [5, 5.41) is 6.49. The van der Waals surface area contributed by atoms with E-state index < -0.39 is 6.10 Å². The number of anilines is 1. The minimum atomic E-state index is -0.811. The summed E-state index contributed by atoms with van der Waals surface area (Å²) in [6.07, 6.45) is 0.542. The molecule has 6 heteroatoms. The van der Waals surface area contributed by atoms with E-state index in [1.54, 1.807) is 43.3 Å². The third kappa shape index (κ3) is 6.46. The van der Waals surface area contributed by atoms with Crippen LogP contribution in [0.2, 0.25) is 0 Å². The topological polar surface area (TPSA) is 59.9 Å². The van der Waals surface area contributed by atoms with Crippen LogP contribution in [0.25, 0.3) is 0 Å². The fourth-order valence-electron chi connectivity index (χ4n) is 2.44. The van der Waals surface area contributed by atoms with E-state index >= 15 is 0 Å². The van der Waals surface area contributed by atoms with E-state index in [4.69, 9.17) is 9.57 Å². The number of rotatable bonds is 8. The predicted molar refractivity (Wildman–Crippen MR) is 110 cm³/mol. The van der Waals surface area contributed by atoms with Gasteiger partial charge in [0.15, 0.2) is 0 Å². The summed E-state index contributed by atoms with van der Waals surface area (Å²) in [6.45, 7) is 2.05. The third-order valence-electron chi connectivity index (χ3n) is 4.01. The van der Waals surface area contributed by atoms with Crippen molar-refractivity contribution in [2.24, 2.45) is 5.16 Å². The zero-order valence-corrected chi connectivity index (χ0v) is 15.9. The molecule has 148 valence electrons. The fraction of sp³-hybridized carbons (Fsp3) is 0.130. The maximum Gasteiger partial charge on any atom is 0.267 e. The smallest absolute Gasteiger partial charge is 0.267 e. The molecule has 29 heavy (non-hydrogen) atoms. The number of hydrogen-bond acceptors (Lipinski definition) is 4. The van der Waals surface area contributed by atoms with Crippen LogP contribution in [0.15, 0.2) is 84.0 Å². The summed E-state index contributed by atoms with van der Waals surface area (Å²) in [5.41, 5.74) is 2.24. The molecule has 0 fully saturated rings. The monoisotopic (exact) mass is 392 g/mol. The van der Waals surface area contributed by atoms with Gasteiger partial charge in [0.2, 0.25) is 6.10 Å². The summed E-state index contributed by atoms with van der Waals surface area (Å²) in [5.74, 6) is -0.00822. The molecule has 0 spiro atoms. The number of hydrogen-bond donors (Lipinski definition) is 1. The highest BCUT2D eigenvalue weighted by molar-refractivity contribution is 5.94. The maximum atomic E-state index is 13.1. The molecule has 0 heterocycles. The highest BCUT2D eigenvalue weighted by Gasteiger charge is 2.14. The first kappa shape index (κ1) is 20.1. The van der Waals surface area contributed by atoms with Gasteiger partial charge >= 0.3 is 0 Å². The molecule has 0 aliphatic rings. The molecule has 0 aliphatic carbocycles. The van der Waals surface area contributed by atoms with Crippen LogP contribution >= 0.6 is 0 Å². The predicted octanol–water partition coefficient (Wildman–Crippen LogP) is 4.78. The fourth-order valence-corrected chi connectivity index (χ4v) is 2.44. The van der Waals surface area contributed by atoms with E-state index in [0.29, 0.717) is 23.6 Å². The SMILES string of the molecule is C[C@H](O/N=C\c1cccc(F)c1)C(=O)Nc1ccc(OCc2ccccc2)cc1. The number of halogens is 1. The first-order valence-corrected chi connectivity index (χ1v) is 9.12. The molecule has 0 bridgehead atoms. The molecule has 0 saturated heterocycles. The number of nitrogens with zero attached hydrogens (tertiary/aromatic N) is 1. The molecule has 1 atom stereocenters. The third-order valence-corrected chi connectivity index (χ3v) is 4.01. The van der Waals surface area contributed by atoms with Crippen molar-refractivity contribution in [2.45, 2.75) is 19.6 Å². The van der Waals surface area contributed by atoms with Gasteiger partial charge < -0.3 is 14.9 Å². The Labute approximate surface area is 168 Å². The zero-order valence-electron chi connectivity index (χ0n) is 15.9. The van der Waals surface area contributed by atoms with Gasteiger partial charge in [-0.1, -0.05) is 47.6 Å². The second kappa shape index (κ2) is 10.0. The minimum Gasteiger partial charge on any atom is -0.489 e. The summed E-state index contributed by atoms with van der Waals surface area (Å²) in [7, 11) is 0. The van der Waals surface area contributed by atoms with Gasteiger partial charge in [-0.25, -0.2) is 4.39 Å². The van der Waals surface area contributed by atoms with Crippen molar-refractivity contribution in [3.8, 4) is 5.75 Å². The Morgan fingerprint density at radius 3 is 2.55 bits per heavy atom. The van der Waals surface area contributed by atoms with E-state index in [-0.39, 0.29) is 11.7 Å². The number of amides is 1. The van der Waals surface area contributed by atoms with Crippen molar-refractivity contribution >= 4 is 17.8 Å². The molecule has 0 saturated carbocycles. The molecule has 3 aromatic rings. The standard InChI is InChI=1S/C23H21FN2O3/c1-17(29-25-15-19-8-5-9-20(24)14-19)23(27)26-21-10-12-22(13-11-21)28-16-18-6-3-2-4-7-18/h2-15,17H,16H2,1H3,(H,26,27)/b25-15-/t17-/m0/s1. The number of ether oxygens (including phenoxy) is 1. The van der Waals surface area contributed by atoms with Crippen LogP contribution in [0.5, 0.6) is 5.75 Å². The van der Waals surface area contributed by atoms with Crippen LogP contribution in [0.3, 0.4) is 0 Å². The largest absolute Gasteiger partial charge is 0.489 e. The van der Waals surface area contributed by atoms with Crippen molar-refractivity contribution in [2.75, 3.05) is 5.32 Å². The van der Waals surface area contributed by atoms with E-state index in [2.05, 4.69) is 10.5 Å². The molecule has 1 N–H and O–H groups in total. The van der Waals surface area contributed by atoms with Gasteiger partial charge in [0.1, 0.15) is 18.2 Å². The Balaban J connectivity index is 1.46. The summed E-state index contributed by atoms with van der Waals surface area (Å²) in [4.78, 5) is 17.3. The Morgan fingerprint density at radius 1 is 1.07 bits per heavy atom. The lowest BCUT2D eigenvalue weighted by atomic mass is 10.2. The van der Waals surface area contributed by atoms with Crippen LogP contribution < -0.4 is 10.1 Å². The Hall–Kier alpha value is -3.67. The zero-order chi connectivity index (χ0) is 20.5. The molecule has 0 aromatic heterocycles. The molecular formula is C23H21FN2O3. The Morgan fingerprint density at radius 2 is 1.83 bits per heavy atom. The van der Waals surface area contributed by atoms with Crippen molar-refractivity contribution in [1.82, 2.24) is 0 Å². The van der Waals surface area contributed by atoms with Crippen molar-refractivity contribution in [3.63, 3.8) is 0 Å². The molecule has 3 aromatic carbocycles. The average Bonchev–Trinajstić information content (AvgIpc) is 2.74. The van der Waals surface area contributed by atoms with Crippen molar-refractivity contribution in [3.05, 3.63) is 95.8 Å². The van der Waals surface area contributed by atoms with Gasteiger partial charge in [-0.05, 0) is 54.4 Å². The van der Waals surface area contributed by atoms with Gasteiger partial charge in [0.25, 0.3) is 5.91 Å². The summed E-state index contributed by atoms with van der Waals surface area (Å²) in [6, 6.07) is 22.8. The van der Waals surface area contributed by atoms with Crippen LogP contribution in [0.1, 0.15) is 18.1 Å². The van der Waals surface area contributed by atoms with E-state index in [1.165, 1.54) is 18.3 Å². The number of carbonyl (C=O) groups excluding carboxylic acids is 1. The first-order chi connectivity index (χ1) is 14.1. The van der Waals surface area contributed by atoms with Gasteiger partial charge in [-0.15, -0.1) is 0 Å². The number of nitrogens with one attached hydrogen (secondary N) is 1.